The number of nitrogens with zero attached hydrogens (tertiary/aromatic N) is 4. The van der Waals surface area contributed by atoms with Crippen LogP contribution in [0.3, 0.4) is 0 Å². The number of aromatic nitrogens is 4. The quantitative estimate of drug-likeness (QED) is 0.706. The van der Waals surface area contributed by atoms with Crippen LogP contribution in [0.15, 0.2) is 30.7 Å². The number of ether oxygens (including phenoxy) is 1. The molecule has 0 spiro atoms. The second-order valence-corrected chi connectivity index (χ2v) is 7.49. The number of fused-ring (bicyclic) bond motifs is 1. The highest BCUT2D eigenvalue weighted by Crippen LogP contribution is 2.34. The van der Waals surface area contributed by atoms with E-state index in [0.29, 0.717) is 5.92 Å². The van der Waals surface area contributed by atoms with Crippen LogP contribution in [0.2, 0.25) is 0 Å². The van der Waals surface area contributed by atoms with Gasteiger partial charge in [-0.3, -0.25) is 0 Å². The number of imidazole rings is 1. The predicted octanol–water partition coefficient (Wildman–Crippen LogP) is 3.37. The number of hydrogen-bond acceptors (Lipinski definition) is 6. The number of aromatic amines is 1. The summed E-state index contributed by atoms with van der Waals surface area (Å²) in [5.74, 6) is 3.26. The van der Waals surface area contributed by atoms with E-state index in [1.54, 1.807) is 18.5 Å². The molecule has 2 N–H and O–H groups in total. The number of benzene rings is 1. The van der Waals surface area contributed by atoms with Crippen molar-refractivity contribution in [1.29, 1.82) is 0 Å². The second-order valence-electron chi connectivity index (χ2n) is 7.49. The number of piperidine rings is 1. The SMILES string of the molecule is COc1cc(-c2cnc(C3CCN(c4ncnc5c4CCN5)CC3)[nH]2)ccc1F. The predicted molar refractivity (Wildman–Crippen MR) is 109 cm³/mol. The molecule has 0 saturated carbocycles. The Labute approximate surface area is 168 Å². The molecule has 0 atom stereocenters. The minimum Gasteiger partial charge on any atom is -0.494 e. The third-order valence-corrected chi connectivity index (χ3v) is 5.83. The summed E-state index contributed by atoms with van der Waals surface area (Å²) in [5.41, 5.74) is 2.97. The molecule has 2 aliphatic rings. The monoisotopic (exact) mass is 394 g/mol. The molecule has 4 heterocycles. The molecule has 29 heavy (non-hydrogen) atoms. The highest BCUT2D eigenvalue weighted by atomic mass is 19.1. The summed E-state index contributed by atoms with van der Waals surface area (Å²) in [4.78, 5) is 19.3. The van der Waals surface area contributed by atoms with Crippen molar-refractivity contribution in [3.63, 3.8) is 0 Å². The van der Waals surface area contributed by atoms with Crippen molar-refractivity contribution in [3.8, 4) is 17.0 Å². The average molecular weight is 394 g/mol. The van der Waals surface area contributed by atoms with Crippen molar-refractivity contribution in [2.45, 2.75) is 25.2 Å². The second kappa shape index (κ2) is 7.35. The van der Waals surface area contributed by atoms with Crippen molar-refractivity contribution in [1.82, 2.24) is 19.9 Å². The van der Waals surface area contributed by atoms with Crippen molar-refractivity contribution >= 4 is 11.6 Å². The minimum atomic E-state index is -0.366. The number of nitrogens with one attached hydrogen (secondary N) is 2. The molecule has 7 nitrogen and oxygen atoms in total. The van der Waals surface area contributed by atoms with E-state index in [1.807, 2.05) is 6.20 Å². The highest BCUT2D eigenvalue weighted by Gasteiger charge is 2.27. The van der Waals surface area contributed by atoms with Crippen LogP contribution in [0.25, 0.3) is 11.3 Å². The summed E-state index contributed by atoms with van der Waals surface area (Å²) >= 11 is 0. The molecule has 2 aliphatic heterocycles. The van der Waals surface area contributed by atoms with E-state index < -0.39 is 0 Å². The topological polar surface area (TPSA) is 79.0 Å². The Bertz CT molecular complexity index is 1030. The van der Waals surface area contributed by atoms with Crippen LogP contribution in [0, 0.1) is 5.82 Å². The van der Waals surface area contributed by atoms with Gasteiger partial charge in [0, 0.05) is 36.7 Å². The summed E-state index contributed by atoms with van der Waals surface area (Å²) < 4.78 is 18.8. The largest absolute Gasteiger partial charge is 0.494 e. The number of anilines is 2. The summed E-state index contributed by atoms with van der Waals surface area (Å²) in [6.45, 7) is 2.81. The van der Waals surface area contributed by atoms with Gasteiger partial charge in [-0.1, -0.05) is 0 Å². The number of methoxy groups -OCH3 is 1. The maximum absolute atomic E-state index is 13.7. The molecule has 0 unspecified atom stereocenters. The number of hydrogen-bond donors (Lipinski definition) is 2. The molecule has 1 fully saturated rings. The molecule has 1 saturated heterocycles. The van der Waals surface area contributed by atoms with Crippen LogP contribution in [0.1, 0.15) is 30.1 Å². The van der Waals surface area contributed by atoms with Gasteiger partial charge in [-0.2, -0.15) is 0 Å². The maximum Gasteiger partial charge on any atom is 0.165 e. The van der Waals surface area contributed by atoms with Gasteiger partial charge in [-0.25, -0.2) is 19.3 Å². The van der Waals surface area contributed by atoms with Gasteiger partial charge in [0.1, 0.15) is 23.8 Å². The first kappa shape index (κ1) is 17.9. The fourth-order valence-electron chi connectivity index (χ4n) is 4.25. The normalized spacial score (nSPS) is 16.6. The molecule has 0 amide bonds. The third kappa shape index (κ3) is 3.28. The van der Waals surface area contributed by atoms with E-state index in [0.717, 1.165) is 67.6 Å². The Balaban J connectivity index is 1.29. The Morgan fingerprint density at radius 1 is 1.17 bits per heavy atom. The van der Waals surface area contributed by atoms with Gasteiger partial charge in [0.2, 0.25) is 0 Å². The Hall–Kier alpha value is -3.16. The molecule has 3 aromatic rings. The van der Waals surface area contributed by atoms with E-state index in [2.05, 4.69) is 30.2 Å². The van der Waals surface area contributed by atoms with Gasteiger partial charge in [0.05, 0.1) is 19.0 Å². The molecule has 5 rings (SSSR count). The summed E-state index contributed by atoms with van der Waals surface area (Å²) in [6.07, 6.45) is 6.46. The Morgan fingerprint density at radius 2 is 2.03 bits per heavy atom. The first-order valence-electron chi connectivity index (χ1n) is 9.94. The van der Waals surface area contributed by atoms with Gasteiger partial charge in [-0.05, 0) is 37.5 Å². The lowest BCUT2D eigenvalue weighted by molar-refractivity contribution is 0.387. The molecule has 1 aromatic carbocycles. The first-order valence-corrected chi connectivity index (χ1v) is 9.94. The van der Waals surface area contributed by atoms with E-state index >= 15 is 0 Å². The Morgan fingerprint density at radius 3 is 2.86 bits per heavy atom. The van der Waals surface area contributed by atoms with E-state index in [1.165, 1.54) is 18.7 Å². The summed E-state index contributed by atoms with van der Waals surface area (Å²) in [7, 11) is 1.47. The summed E-state index contributed by atoms with van der Waals surface area (Å²) in [6, 6.07) is 4.85. The molecular formula is C21H23FN6O. The molecule has 0 radical (unpaired) electrons. The van der Waals surface area contributed by atoms with Crippen LogP contribution >= 0.6 is 0 Å². The smallest absolute Gasteiger partial charge is 0.165 e. The zero-order valence-corrected chi connectivity index (χ0v) is 16.3. The van der Waals surface area contributed by atoms with Crippen LogP contribution in [-0.4, -0.2) is 46.7 Å². The van der Waals surface area contributed by atoms with Gasteiger partial charge in [0.25, 0.3) is 0 Å². The van der Waals surface area contributed by atoms with Gasteiger partial charge < -0.3 is 19.9 Å². The van der Waals surface area contributed by atoms with Crippen LogP contribution in [0.4, 0.5) is 16.0 Å². The fraction of sp³-hybridized carbons (Fsp3) is 0.381. The van der Waals surface area contributed by atoms with Crippen LogP contribution in [0.5, 0.6) is 5.75 Å². The van der Waals surface area contributed by atoms with Gasteiger partial charge in [-0.15, -0.1) is 0 Å². The van der Waals surface area contributed by atoms with E-state index in [-0.39, 0.29) is 11.6 Å². The number of halogens is 1. The van der Waals surface area contributed by atoms with Crippen molar-refractivity contribution in [2.24, 2.45) is 0 Å². The van der Waals surface area contributed by atoms with Crippen molar-refractivity contribution in [2.75, 3.05) is 37.0 Å². The zero-order valence-electron chi connectivity index (χ0n) is 16.3. The fourth-order valence-corrected chi connectivity index (χ4v) is 4.25. The maximum atomic E-state index is 13.7. The average Bonchev–Trinajstić information content (AvgIpc) is 3.44. The van der Waals surface area contributed by atoms with Crippen molar-refractivity contribution < 1.29 is 9.13 Å². The van der Waals surface area contributed by atoms with Crippen LogP contribution in [-0.2, 0) is 6.42 Å². The molecule has 0 bridgehead atoms. The molecule has 0 aliphatic carbocycles. The van der Waals surface area contributed by atoms with Gasteiger partial charge >= 0.3 is 0 Å². The minimum absolute atomic E-state index is 0.235. The standard InChI is InChI=1S/C21H23FN6O/c1-29-18-10-14(2-3-16(18)22)17-11-24-19(27-17)13-5-8-28(9-6-13)21-15-4-7-23-20(15)25-12-26-21/h2-3,10-13H,4-9H2,1H3,(H,24,27)(H,23,25,26). The lowest BCUT2D eigenvalue weighted by Gasteiger charge is -2.32. The zero-order chi connectivity index (χ0) is 19.8. The van der Waals surface area contributed by atoms with Gasteiger partial charge in [0.15, 0.2) is 11.6 Å². The molecule has 8 heteroatoms. The summed E-state index contributed by atoms with van der Waals surface area (Å²) in [5, 5.41) is 3.32. The highest BCUT2D eigenvalue weighted by molar-refractivity contribution is 5.62. The number of rotatable bonds is 4. The first-order chi connectivity index (χ1) is 14.2. The number of H-pyrrole nitrogens is 1. The molecule has 150 valence electrons. The lowest BCUT2D eigenvalue weighted by Crippen LogP contribution is -2.34. The molecule has 2 aromatic heterocycles. The third-order valence-electron chi connectivity index (χ3n) is 5.83. The Kier molecular flexibility index (Phi) is 4.54. The molecular weight excluding hydrogens is 371 g/mol. The lowest BCUT2D eigenvalue weighted by atomic mass is 9.96. The van der Waals surface area contributed by atoms with E-state index in [4.69, 9.17) is 4.74 Å². The van der Waals surface area contributed by atoms with E-state index in [9.17, 15) is 4.39 Å². The van der Waals surface area contributed by atoms with Crippen molar-refractivity contribution in [3.05, 3.63) is 47.9 Å². The van der Waals surface area contributed by atoms with Crippen LogP contribution < -0.4 is 15.0 Å².